The molecular weight excluding hydrogens is 278 g/mol. The molecule has 2 aromatic heterocycles. The smallest absolute Gasteiger partial charge is 0.291 e. The summed E-state index contributed by atoms with van der Waals surface area (Å²) in [5.41, 5.74) is 1.53. The van der Waals surface area contributed by atoms with Crippen LogP contribution >= 0.6 is 11.6 Å². The summed E-state index contributed by atoms with van der Waals surface area (Å²) in [6.45, 7) is 0. The van der Waals surface area contributed by atoms with Gasteiger partial charge in [0.05, 0.1) is 23.2 Å². The number of carbonyl (C=O) groups is 1. The van der Waals surface area contributed by atoms with E-state index in [1.807, 2.05) is 12.1 Å². The van der Waals surface area contributed by atoms with Gasteiger partial charge in [0.25, 0.3) is 5.91 Å². The first-order valence-corrected chi connectivity index (χ1v) is 6.25. The van der Waals surface area contributed by atoms with Crippen molar-refractivity contribution in [2.75, 3.05) is 5.32 Å². The number of nitrogens with one attached hydrogen (secondary N) is 1. The maximum absolute atomic E-state index is 11.8. The number of nitrogens with zero attached hydrogens (tertiary/aromatic N) is 2. The molecule has 1 N–H and O–H groups in total. The molecule has 0 unspecified atom stereocenters. The van der Waals surface area contributed by atoms with Crippen molar-refractivity contribution >= 4 is 23.2 Å². The second-order valence-corrected chi connectivity index (χ2v) is 4.52. The Morgan fingerprint density at radius 2 is 2.05 bits per heavy atom. The van der Waals surface area contributed by atoms with Gasteiger partial charge in [0.2, 0.25) is 0 Å². The normalized spacial score (nSPS) is 10.4. The second kappa shape index (κ2) is 5.22. The van der Waals surface area contributed by atoms with Crippen molar-refractivity contribution in [2.24, 2.45) is 0 Å². The minimum atomic E-state index is -0.287. The predicted octanol–water partition coefficient (Wildman–Crippen LogP) is 3.37. The fourth-order valence-electron chi connectivity index (χ4n) is 1.74. The van der Waals surface area contributed by atoms with Crippen LogP contribution in [-0.4, -0.2) is 15.7 Å². The van der Waals surface area contributed by atoms with Gasteiger partial charge < -0.3 is 9.73 Å². The van der Waals surface area contributed by atoms with Crippen LogP contribution in [0.1, 0.15) is 10.6 Å². The van der Waals surface area contributed by atoms with Gasteiger partial charge in [-0.3, -0.25) is 4.79 Å². The van der Waals surface area contributed by atoms with Crippen LogP contribution in [0.3, 0.4) is 0 Å². The highest BCUT2D eigenvalue weighted by Crippen LogP contribution is 2.16. The van der Waals surface area contributed by atoms with Gasteiger partial charge in [-0.25, -0.2) is 4.68 Å². The fraction of sp³-hybridized carbons (Fsp3) is 0. The zero-order valence-corrected chi connectivity index (χ0v) is 11.0. The minimum absolute atomic E-state index is 0.271. The Morgan fingerprint density at radius 3 is 2.65 bits per heavy atom. The molecule has 0 saturated heterocycles. The summed E-state index contributed by atoms with van der Waals surface area (Å²) in [7, 11) is 0. The highest BCUT2D eigenvalue weighted by Gasteiger charge is 2.08. The molecule has 3 rings (SSSR count). The molecule has 20 heavy (non-hydrogen) atoms. The number of hydrogen-bond acceptors (Lipinski definition) is 3. The first kappa shape index (κ1) is 12.5. The quantitative estimate of drug-likeness (QED) is 0.803. The largest absolute Gasteiger partial charge is 0.459 e. The van der Waals surface area contributed by atoms with Gasteiger partial charge in [-0.1, -0.05) is 11.6 Å². The summed E-state index contributed by atoms with van der Waals surface area (Å²) in [4.78, 5) is 11.8. The number of rotatable bonds is 3. The molecule has 3 aromatic rings. The average Bonchev–Trinajstić information content (AvgIpc) is 3.10. The number of carbonyl (C=O) groups excluding carboxylic acids is 1. The Bertz CT molecular complexity index is 717. The van der Waals surface area contributed by atoms with Gasteiger partial charge in [-0.2, -0.15) is 5.10 Å². The van der Waals surface area contributed by atoms with Crippen molar-refractivity contribution in [3.8, 4) is 5.69 Å². The molecule has 1 amide bonds. The van der Waals surface area contributed by atoms with Crippen molar-refractivity contribution in [3.63, 3.8) is 0 Å². The zero-order chi connectivity index (χ0) is 13.9. The molecule has 0 radical (unpaired) electrons. The molecule has 0 aliphatic carbocycles. The van der Waals surface area contributed by atoms with Crippen molar-refractivity contribution in [1.82, 2.24) is 9.78 Å². The van der Waals surface area contributed by atoms with Gasteiger partial charge in [0, 0.05) is 11.9 Å². The van der Waals surface area contributed by atoms with E-state index in [-0.39, 0.29) is 11.7 Å². The molecule has 0 spiro atoms. The predicted molar refractivity (Wildman–Crippen MR) is 75.2 cm³/mol. The Balaban J connectivity index is 1.75. The molecular formula is C14H10ClN3O2. The van der Waals surface area contributed by atoms with Crippen LogP contribution in [0, 0.1) is 0 Å². The molecule has 0 bridgehead atoms. The Kier molecular flexibility index (Phi) is 3.26. The van der Waals surface area contributed by atoms with Gasteiger partial charge in [0.15, 0.2) is 5.76 Å². The maximum Gasteiger partial charge on any atom is 0.291 e. The number of halogens is 1. The van der Waals surface area contributed by atoms with E-state index in [0.717, 1.165) is 5.69 Å². The Morgan fingerprint density at radius 1 is 1.25 bits per heavy atom. The molecule has 6 heteroatoms. The molecule has 0 fully saturated rings. The summed E-state index contributed by atoms with van der Waals surface area (Å²) >= 11 is 5.82. The summed E-state index contributed by atoms with van der Waals surface area (Å²) in [5.74, 6) is -0.0159. The van der Waals surface area contributed by atoms with Crippen LogP contribution in [0.5, 0.6) is 0 Å². The number of amides is 1. The third-order valence-corrected chi connectivity index (χ3v) is 2.88. The van der Waals surface area contributed by atoms with E-state index in [9.17, 15) is 4.79 Å². The van der Waals surface area contributed by atoms with E-state index >= 15 is 0 Å². The number of aromatic nitrogens is 2. The lowest BCUT2D eigenvalue weighted by atomic mass is 10.2. The van der Waals surface area contributed by atoms with Crippen LogP contribution in [0.25, 0.3) is 5.69 Å². The molecule has 5 nitrogen and oxygen atoms in total. The molecule has 0 aliphatic heterocycles. The molecule has 0 atom stereocenters. The van der Waals surface area contributed by atoms with Crippen LogP contribution in [0.2, 0.25) is 5.02 Å². The van der Waals surface area contributed by atoms with E-state index in [1.54, 1.807) is 41.3 Å². The minimum Gasteiger partial charge on any atom is -0.459 e. The van der Waals surface area contributed by atoms with Crippen molar-refractivity contribution in [2.45, 2.75) is 0 Å². The topological polar surface area (TPSA) is 60.1 Å². The zero-order valence-electron chi connectivity index (χ0n) is 10.3. The standard InChI is InChI=1S/C14H10ClN3O2/c15-10-8-16-18(9-10)12-5-3-11(4-6-12)17-14(19)13-2-1-7-20-13/h1-9H,(H,17,19). The van der Waals surface area contributed by atoms with Gasteiger partial charge in [0.1, 0.15) is 0 Å². The Labute approximate surface area is 119 Å². The lowest BCUT2D eigenvalue weighted by molar-refractivity contribution is 0.0996. The van der Waals surface area contributed by atoms with Crippen LogP contribution in [0.15, 0.2) is 59.5 Å². The first-order valence-electron chi connectivity index (χ1n) is 5.88. The van der Waals surface area contributed by atoms with E-state index in [0.29, 0.717) is 10.7 Å². The SMILES string of the molecule is O=C(Nc1ccc(-n2cc(Cl)cn2)cc1)c1ccco1. The molecule has 0 aliphatic rings. The fourth-order valence-corrected chi connectivity index (χ4v) is 1.88. The highest BCUT2D eigenvalue weighted by atomic mass is 35.5. The summed E-state index contributed by atoms with van der Waals surface area (Å²) < 4.78 is 6.68. The maximum atomic E-state index is 11.8. The average molecular weight is 288 g/mol. The third-order valence-electron chi connectivity index (χ3n) is 2.69. The molecule has 100 valence electrons. The first-order chi connectivity index (χ1) is 9.72. The van der Waals surface area contributed by atoms with E-state index in [1.165, 1.54) is 6.26 Å². The highest BCUT2D eigenvalue weighted by molar-refractivity contribution is 6.30. The van der Waals surface area contributed by atoms with E-state index in [4.69, 9.17) is 16.0 Å². The lowest BCUT2D eigenvalue weighted by Crippen LogP contribution is -2.10. The summed E-state index contributed by atoms with van der Waals surface area (Å²) in [6, 6.07) is 10.5. The van der Waals surface area contributed by atoms with E-state index in [2.05, 4.69) is 10.4 Å². The molecule has 2 heterocycles. The molecule has 0 saturated carbocycles. The van der Waals surface area contributed by atoms with Crippen LogP contribution in [0.4, 0.5) is 5.69 Å². The van der Waals surface area contributed by atoms with Crippen LogP contribution in [-0.2, 0) is 0 Å². The number of furan rings is 1. The van der Waals surface area contributed by atoms with Gasteiger partial charge in [-0.15, -0.1) is 0 Å². The van der Waals surface area contributed by atoms with E-state index < -0.39 is 0 Å². The van der Waals surface area contributed by atoms with Crippen molar-refractivity contribution < 1.29 is 9.21 Å². The van der Waals surface area contributed by atoms with Gasteiger partial charge >= 0.3 is 0 Å². The Hall–Kier alpha value is -2.53. The van der Waals surface area contributed by atoms with Crippen LogP contribution < -0.4 is 5.32 Å². The second-order valence-electron chi connectivity index (χ2n) is 4.08. The number of benzene rings is 1. The third kappa shape index (κ3) is 2.57. The monoisotopic (exact) mass is 287 g/mol. The van der Waals surface area contributed by atoms with Crippen molar-refractivity contribution in [1.29, 1.82) is 0 Å². The lowest BCUT2D eigenvalue weighted by Gasteiger charge is -2.05. The number of hydrogen-bond donors (Lipinski definition) is 1. The summed E-state index contributed by atoms with van der Waals surface area (Å²) in [5, 5.41) is 7.41. The van der Waals surface area contributed by atoms with Crippen molar-refractivity contribution in [3.05, 3.63) is 65.8 Å². The molecule has 1 aromatic carbocycles. The van der Waals surface area contributed by atoms with Gasteiger partial charge in [-0.05, 0) is 36.4 Å². The number of anilines is 1. The summed E-state index contributed by atoms with van der Waals surface area (Å²) in [6.07, 6.45) is 4.73.